The molecule has 2 aromatic rings. The second kappa shape index (κ2) is 20.8. The van der Waals surface area contributed by atoms with Gasteiger partial charge in [-0.1, -0.05) is 24.3 Å². The molecule has 0 amide bonds. The van der Waals surface area contributed by atoms with Crippen molar-refractivity contribution in [3.05, 3.63) is 36.4 Å². The standard InChI is InChI=1S/C32H48O10/c1-2-8-28-26-30(38-22-18-34-14-16-36-20-24-42-32-10-4-6-12-40-32)29(25-27(28)7-1)37-21-17-33-13-15-35-19-23-41-31-9-3-5-11-39-31/h1-2,7-8,25-26,31-32H,3-6,9-24H2. The van der Waals surface area contributed by atoms with Gasteiger partial charge in [-0.2, -0.15) is 0 Å². The van der Waals surface area contributed by atoms with E-state index in [0.717, 1.165) is 62.5 Å². The predicted molar refractivity (Wildman–Crippen MR) is 157 cm³/mol. The average molecular weight is 593 g/mol. The number of ether oxygens (including phenoxy) is 10. The number of hydrogen-bond donors (Lipinski definition) is 0. The molecule has 0 bridgehead atoms. The van der Waals surface area contributed by atoms with Crippen molar-refractivity contribution in [2.24, 2.45) is 0 Å². The molecule has 10 heteroatoms. The summed E-state index contributed by atoms with van der Waals surface area (Å²) in [6.07, 6.45) is 6.32. The third-order valence-corrected chi connectivity index (χ3v) is 6.87. The van der Waals surface area contributed by atoms with E-state index in [9.17, 15) is 0 Å². The van der Waals surface area contributed by atoms with Gasteiger partial charge in [0.05, 0.1) is 66.1 Å². The van der Waals surface area contributed by atoms with Crippen LogP contribution in [0.15, 0.2) is 36.4 Å². The Labute approximate surface area is 249 Å². The van der Waals surface area contributed by atoms with Gasteiger partial charge in [-0.3, -0.25) is 0 Å². The Hall–Kier alpha value is -2.02. The first-order valence-electron chi connectivity index (χ1n) is 15.4. The van der Waals surface area contributed by atoms with E-state index in [-0.39, 0.29) is 12.6 Å². The largest absolute Gasteiger partial charge is 0.487 e. The van der Waals surface area contributed by atoms with E-state index < -0.39 is 0 Å². The topological polar surface area (TPSA) is 92.3 Å². The summed E-state index contributed by atoms with van der Waals surface area (Å²) < 4.78 is 57.0. The van der Waals surface area contributed by atoms with E-state index >= 15 is 0 Å². The van der Waals surface area contributed by atoms with Gasteiger partial charge in [0.1, 0.15) is 13.2 Å². The molecule has 2 unspecified atom stereocenters. The summed E-state index contributed by atoms with van der Waals surface area (Å²) in [6, 6.07) is 12.1. The Morgan fingerprint density at radius 1 is 0.500 bits per heavy atom. The van der Waals surface area contributed by atoms with Gasteiger partial charge < -0.3 is 47.4 Å². The quantitative estimate of drug-likeness (QED) is 0.178. The first-order chi connectivity index (χ1) is 20.9. The molecule has 236 valence electrons. The molecule has 0 saturated carbocycles. The molecule has 4 rings (SSSR count). The monoisotopic (exact) mass is 592 g/mol. The Bertz CT molecular complexity index is 885. The summed E-state index contributed by atoms with van der Waals surface area (Å²) >= 11 is 0. The van der Waals surface area contributed by atoms with Crippen molar-refractivity contribution in [3.8, 4) is 11.5 Å². The van der Waals surface area contributed by atoms with E-state index in [1.54, 1.807) is 0 Å². The second-order valence-corrected chi connectivity index (χ2v) is 10.1. The lowest BCUT2D eigenvalue weighted by atomic mass is 10.1. The third-order valence-electron chi connectivity index (χ3n) is 6.87. The van der Waals surface area contributed by atoms with E-state index in [2.05, 4.69) is 12.1 Å². The van der Waals surface area contributed by atoms with Gasteiger partial charge in [-0.15, -0.1) is 0 Å². The minimum absolute atomic E-state index is 0.0791. The second-order valence-electron chi connectivity index (χ2n) is 10.1. The fourth-order valence-electron chi connectivity index (χ4n) is 4.65. The first-order valence-corrected chi connectivity index (χ1v) is 15.4. The van der Waals surface area contributed by atoms with Gasteiger partial charge in [0.15, 0.2) is 24.1 Å². The Kier molecular flexibility index (Phi) is 16.3. The van der Waals surface area contributed by atoms with Crippen LogP contribution in [0, 0.1) is 0 Å². The normalized spacial score (nSPS) is 19.2. The van der Waals surface area contributed by atoms with Crippen LogP contribution in [-0.2, 0) is 37.9 Å². The van der Waals surface area contributed by atoms with Crippen LogP contribution in [0.5, 0.6) is 11.5 Å². The van der Waals surface area contributed by atoms with E-state index in [1.165, 1.54) is 0 Å². The Balaban J connectivity index is 1.04. The lowest BCUT2D eigenvalue weighted by molar-refractivity contribution is -0.169. The lowest BCUT2D eigenvalue weighted by Crippen LogP contribution is -2.24. The highest BCUT2D eigenvalue weighted by molar-refractivity contribution is 5.86. The molecule has 2 atom stereocenters. The predicted octanol–water partition coefficient (Wildman–Crippen LogP) is 4.75. The van der Waals surface area contributed by atoms with Crippen LogP contribution in [0.25, 0.3) is 10.8 Å². The van der Waals surface area contributed by atoms with Gasteiger partial charge in [0.25, 0.3) is 0 Å². The molecular weight excluding hydrogens is 544 g/mol. The van der Waals surface area contributed by atoms with Crippen LogP contribution in [-0.4, -0.2) is 105 Å². The molecule has 42 heavy (non-hydrogen) atoms. The van der Waals surface area contributed by atoms with Crippen LogP contribution in [0.1, 0.15) is 38.5 Å². The third kappa shape index (κ3) is 13.1. The smallest absolute Gasteiger partial charge is 0.161 e. The summed E-state index contributed by atoms with van der Waals surface area (Å²) in [6.45, 7) is 7.39. The van der Waals surface area contributed by atoms with Crippen molar-refractivity contribution in [1.29, 1.82) is 0 Å². The maximum Gasteiger partial charge on any atom is 0.161 e. The molecule has 0 aromatic heterocycles. The van der Waals surface area contributed by atoms with Crippen molar-refractivity contribution in [3.63, 3.8) is 0 Å². The minimum atomic E-state index is -0.0791. The highest BCUT2D eigenvalue weighted by Gasteiger charge is 2.14. The summed E-state index contributed by atoms with van der Waals surface area (Å²) in [5.41, 5.74) is 0. The highest BCUT2D eigenvalue weighted by atomic mass is 16.7. The average Bonchev–Trinajstić information content (AvgIpc) is 3.03. The molecule has 0 N–H and O–H groups in total. The van der Waals surface area contributed by atoms with Gasteiger partial charge in [-0.05, 0) is 61.4 Å². The maximum atomic E-state index is 6.03. The van der Waals surface area contributed by atoms with Crippen LogP contribution in [0.2, 0.25) is 0 Å². The van der Waals surface area contributed by atoms with Crippen molar-refractivity contribution in [2.75, 3.05) is 92.5 Å². The van der Waals surface area contributed by atoms with Crippen LogP contribution in [0.3, 0.4) is 0 Å². The first kappa shape index (κ1) is 32.9. The molecule has 2 heterocycles. The molecule has 0 spiro atoms. The van der Waals surface area contributed by atoms with Crippen molar-refractivity contribution < 1.29 is 47.4 Å². The maximum absolute atomic E-state index is 6.03. The number of hydrogen-bond acceptors (Lipinski definition) is 10. The molecule has 2 fully saturated rings. The van der Waals surface area contributed by atoms with Gasteiger partial charge >= 0.3 is 0 Å². The van der Waals surface area contributed by atoms with Gasteiger partial charge in [0, 0.05) is 13.2 Å². The zero-order valence-electron chi connectivity index (χ0n) is 24.8. The van der Waals surface area contributed by atoms with Gasteiger partial charge in [0.2, 0.25) is 0 Å². The van der Waals surface area contributed by atoms with Crippen molar-refractivity contribution in [1.82, 2.24) is 0 Å². The molecule has 0 radical (unpaired) electrons. The molecule has 0 aliphatic carbocycles. The molecule has 2 aliphatic rings. The van der Waals surface area contributed by atoms with Crippen LogP contribution < -0.4 is 9.47 Å². The molecular formula is C32H48O10. The van der Waals surface area contributed by atoms with E-state index in [4.69, 9.17) is 47.4 Å². The van der Waals surface area contributed by atoms with E-state index in [1.807, 2.05) is 24.3 Å². The lowest BCUT2D eigenvalue weighted by Gasteiger charge is -2.22. The molecule has 2 aromatic carbocycles. The Morgan fingerprint density at radius 3 is 1.31 bits per heavy atom. The zero-order valence-corrected chi connectivity index (χ0v) is 24.8. The van der Waals surface area contributed by atoms with Crippen LogP contribution >= 0.6 is 0 Å². The summed E-state index contributed by atoms with van der Waals surface area (Å²) in [7, 11) is 0. The molecule has 10 nitrogen and oxygen atoms in total. The SMILES string of the molecule is c1ccc2cc(OCCOCCOCCOC3CCCCO3)c(OCCOCCOCCOC3CCCCO3)cc2c1. The fourth-order valence-corrected chi connectivity index (χ4v) is 4.65. The number of rotatable bonds is 22. The zero-order chi connectivity index (χ0) is 28.9. The molecule has 2 saturated heterocycles. The summed E-state index contributed by atoms with van der Waals surface area (Å²) in [5.74, 6) is 1.36. The van der Waals surface area contributed by atoms with Crippen molar-refractivity contribution >= 4 is 10.8 Å². The van der Waals surface area contributed by atoms with E-state index in [0.29, 0.717) is 90.8 Å². The summed E-state index contributed by atoms with van der Waals surface area (Å²) in [5, 5.41) is 2.17. The van der Waals surface area contributed by atoms with Crippen LogP contribution in [0.4, 0.5) is 0 Å². The number of benzene rings is 2. The minimum Gasteiger partial charge on any atom is -0.487 e. The summed E-state index contributed by atoms with van der Waals surface area (Å²) in [4.78, 5) is 0. The Morgan fingerprint density at radius 2 is 0.905 bits per heavy atom. The highest BCUT2D eigenvalue weighted by Crippen LogP contribution is 2.32. The number of fused-ring (bicyclic) bond motifs is 1. The fraction of sp³-hybridized carbons (Fsp3) is 0.688. The van der Waals surface area contributed by atoms with Crippen molar-refractivity contribution in [2.45, 2.75) is 51.1 Å². The van der Waals surface area contributed by atoms with Gasteiger partial charge in [-0.25, -0.2) is 0 Å². The molecule has 2 aliphatic heterocycles.